The van der Waals surface area contributed by atoms with Crippen molar-refractivity contribution >= 4 is 0 Å². The molecule has 1 aromatic rings. The van der Waals surface area contributed by atoms with Crippen molar-refractivity contribution in [3.63, 3.8) is 0 Å². The topological polar surface area (TPSA) is 30.7 Å². The molecule has 0 bridgehead atoms. The largest absolute Gasteiger partial charge is 0.255 e. The van der Waals surface area contributed by atoms with E-state index >= 15 is 0 Å². The molecule has 1 rings (SSSR count). The van der Waals surface area contributed by atoms with Gasteiger partial charge in [-0.1, -0.05) is 24.2 Å². The van der Waals surface area contributed by atoms with Gasteiger partial charge in [-0.25, -0.2) is 4.68 Å². The average molecular weight is 185 g/mol. The molecule has 0 spiro atoms. The summed E-state index contributed by atoms with van der Waals surface area (Å²) in [5.41, 5.74) is 0.616. The van der Waals surface area contributed by atoms with E-state index in [4.69, 9.17) is 0 Å². The highest BCUT2D eigenvalue weighted by molar-refractivity contribution is 4.99. The lowest BCUT2D eigenvalue weighted by Gasteiger charge is -2.10. The number of halogens is 1. The van der Waals surface area contributed by atoms with Crippen molar-refractivity contribution in [3.8, 4) is 0 Å². The van der Waals surface area contributed by atoms with Gasteiger partial charge in [0.1, 0.15) is 0 Å². The quantitative estimate of drug-likeness (QED) is 0.722. The van der Waals surface area contributed by atoms with E-state index in [0.717, 1.165) is 0 Å². The maximum Gasteiger partial charge on any atom is 0.255 e. The Kier molecular flexibility index (Phi) is 3.01. The first-order chi connectivity index (χ1) is 6.02. The van der Waals surface area contributed by atoms with Crippen LogP contribution in [0.4, 0.5) is 4.39 Å². The molecule has 0 aromatic carbocycles. The molecule has 0 N–H and O–H groups in total. The number of rotatable bonds is 3. The normalized spacial score (nSPS) is 11.6. The molecule has 0 fully saturated rings. The minimum Gasteiger partial charge on any atom is -0.244 e. The monoisotopic (exact) mass is 185 g/mol. The zero-order valence-electron chi connectivity index (χ0n) is 8.58. The van der Waals surface area contributed by atoms with Crippen LogP contribution in [0.25, 0.3) is 0 Å². The Morgan fingerprint density at radius 1 is 1.31 bits per heavy atom. The molecule has 1 aromatic heterocycles. The predicted molar refractivity (Wildman–Crippen MR) is 48.9 cm³/mol. The lowest BCUT2D eigenvalue weighted by Crippen LogP contribution is -2.10. The van der Waals surface area contributed by atoms with E-state index < -0.39 is 5.95 Å². The Morgan fingerprint density at radius 2 is 1.92 bits per heavy atom. The second-order valence-corrected chi connectivity index (χ2v) is 3.96. The summed E-state index contributed by atoms with van der Waals surface area (Å²) >= 11 is 0. The highest BCUT2D eigenvalue weighted by Gasteiger charge is 2.15. The molecule has 0 saturated heterocycles. The van der Waals surface area contributed by atoms with Gasteiger partial charge in [0.25, 0.3) is 5.95 Å². The lowest BCUT2D eigenvalue weighted by atomic mass is 10.1. The average Bonchev–Trinajstić information content (AvgIpc) is 2.32. The third-order valence-electron chi connectivity index (χ3n) is 1.83. The summed E-state index contributed by atoms with van der Waals surface area (Å²) in [6.45, 7) is 8.05. The third kappa shape index (κ3) is 2.26. The molecule has 0 aliphatic rings. The second kappa shape index (κ2) is 3.85. The highest BCUT2D eigenvalue weighted by atomic mass is 19.1. The van der Waals surface area contributed by atoms with Crippen LogP contribution in [0.1, 0.15) is 39.4 Å². The van der Waals surface area contributed by atoms with Crippen LogP contribution in [0, 0.1) is 11.9 Å². The molecule has 0 unspecified atom stereocenters. The van der Waals surface area contributed by atoms with Crippen molar-refractivity contribution in [1.29, 1.82) is 0 Å². The molecule has 13 heavy (non-hydrogen) atoms. The van der Waals surface area contributed by atoms with Crippen molar-refractivity contribution < 1.29 is 4.39 Å². The molecule has 4 heteroatoms. The van der Waals surface area contributed by atoms with Gasteiger partial charge in [-0.15, -0.1) is 0 Å². The Balaban J connectivity index is 2.94. The maximum atomic E-state index is 13.1. The van der Waals surface area contributed by atoms with Crippen LogP contribution in [0.2, 0.25) is 0 Å². The van der Waals surface area contributed by atoms with E-state index in [9.17, 15) is 4.39 Å². The fourth-order valence-electron chi connectivity index (χ4n) is 1.27. The first-order valence-electron chi connectivity index (χ1n) is 4.62. The zero-order chi connectivity index (χ0) is 10.0. The minimum absolute atomic E-state index is 0.172. The summed E-state index contributed by atoms with van der Waals surface area (Å²) in [5, 5.41) is 7.20. The van der Waals surface area contributed by atoms with Crippen molar-refractivity contribution in [2.45, 2.75) is 40.2 Å². The van der Waals surface area contributed by atoms with Gasteiger partial charge >= 0.3 is 0 Å². The molecular formula is C9H16FN3. The molecule has 0 saturated carbocycles. The molecule has 1 heterocycles. The summed E-state index contributed by atoms with van der Waals surface area (Å²) in [5.74, 6) is -0.00657. The van der Waals surface area contributed by atoms with Crippen LogP contribution in [0.5, 0.6) is 0 Å². The number of hydrogen-bond donors (Lipinski definition) is 0. The zero-order valence-corrected chi connectivity index (χ0v) is 8.58. The van der Waals surface area contributed by atoms with Crippen molar-refractivity contribution in [1.82, 2.24) is 15.0 Å². The van der Waals surface area contributed by atoms with Gasteiger partial charge in [-0.05, 0) is 26.2 Å². The van der Waals surface area contributed by atoms with Crippen LogP contribution in [-0.2, 0) is 6.42 Å². The maximum absolute atomic E-state index is 13.1. The number of nitrogens with zero attached hydrogens (tertiary/aromatic N) is 3. The SMILES string of the molecule is CC(C)Cc1c(F)nnn1C(C)C. The van der Waals surface area contributed by atoms with Gasteiger partial charge in [0, 0.05) is 6.04 Å². The van der Waals surface area contributed by atoms with Gasteiger partial charge in [0.15, 0.2) is 0 Å². The highest BCUT2D eigenvalue weighted by Crippen LogP contribution is 2.14. The van der Waals surface area contributed by atoms with Crippen molar-refractivity contribution in [2.24, 2.45) is 5.92 Å². The summed E-state index contributed by atoms with van der Waals surface area (Å²) < 4.78 is 14.8. The first-order valence-corrected chi connectivity index (χ1v) is 4.62. The molecule has 0 atom stereocenters. The Bertz CT molecular complexity index is 278. The molecule has 3 nitrogen and oxygen atoms in total. The smallest absolute Gasteiger partial charge is 0.244 e. The number of hydrogen-bond acceptors (Lipinski definition) is 2. The van der Waals surface area contributed by atoms with E-state index in [1.807, 2.05) is 13.8 Å². The van der Waals surface area contributed by atoms with Gasteiger partial charge in [0.05, 0.1) is 5.69 Å². The first kappa shape index (κ1) is 10.2. The Hall–Kier alpha value is -0.930. The Labute approximate surface area is 77.9 Å². The third-order valence-corrected chi connectivity index (χ3v) is 1.83. The summed E-state index contributed by atoms with van der Waals surface area (Å²) in [7, 11) is 0. The fraction of sp³-hybridized carbons (Fsp3) is 0.778. The van der Waals surface area contributed by atoms with E-state index in [1.165, 1.54) is 0 Å². The summed E-state index contributed by atoms with van der Waals surface area (Å²) in [6, 6.07) is 0.172. The summed E-state index contributed by atoms with van der Waals surface area (Å²) in [4.78, 5) is 0. The lowest BCUT2D eigenvalue weighted by molar-refractivity contribution is 0.471. The van der Waals surface area contributed by atoms with E-state index in [0.29, 0.717) is 18.0 Å². The summed E-state index contributed by atoms with van der Waals surface area (Å²) in [6.07, 6.45) is 0.691. The van der Waals surface area contributed by atoms with Gasteiger partial charge < -0.3 is 0 Å². The van der Waals surface area contributed by atoms with E-state index in [2.05, 4.69) is 24.2 Å². The van der Waals surface area contributed by atoms with Crippen LogP contribution < -0.4 is 0 Å². The van der Waals surface area contributed by atoms with Gasteiger partial charge in [0.2, 0.25) is 0 Å². The van der Waals surface area contributed by atoms with Crippen LogP contribution in [0.3, 0.4) is 0 Å². The van der Waals surface area contributed by atoms with E-state index in [-0.39, 0.29) is 6.04 Å². The molecule has 0 aliphatic carbocycles. The Morgan fingerprint density at radius 3 is 2.38 bits per heavy atom. The van der Waals surface area contributed by atoms with Gasteiger partial charge in [-0.2, -0.15) is 4.39 Å². The minimum atomic E-state index is -0.428. The van der Waals surface area contributed by atoms with Gasteiger partial charge in [-0.3, -0.25) is 0 Å². The molecule has 0 amide bonds. The predicted octanol–water partition coefficient (Wildman–Crippen LogP) is 2.20. The fourth-order valence-corrected chi connectivity index (χ4v) is 1.27. The number of aromatic nitrogens is 3. The standard InChI is InChI=1S/C9H16FN3/c1-6(2)5-8-9(10)11-12-13(8)7(3)4/h6-7H,5H2,1-4H3. The van der Waals surface area contributed by atoms with Crippen LogP contribution >= 0.6 is 0 Å². The molecule has 0 radical (unpaired) electrons. The van der Waals surface area contributed by atoms with Crippen LogP contribution in [0.15, 0.2) is 0 Å². The molecular weight excluding hydrogens is 169 g/mol. The van der Waals surface area contributed by atoms with Crippen molar-refractivity contribution in [3.05, 3.63) is 11.6 Å². The van der Waals surface area contributed by atoms with Crippen molar-refractivity contribution in [2.75, 3.05) is 0 Å². The molecule has 0 aliphatic heterocycles. The second-order valence-electron chi connectivity index (χ2n) is 3.96. The van der Waals surface area contributed by atoms with Crippen LogP contribution in [-0.4, -0.2) is 15.0 Å². The molecule has 74 valence electrons. The van der Waals surface area contributed by atoms with E-state index in [1.54, 1.807) is 4.68 Å².